The SMILES string of the molecule is COc1ccnc(C(=O)NC(C)C(=O)OC(C)C2(c3cccc4ccccc34)CC2)c1OCOC(=O)C(C)C. The first-order valence-corrected chi connectivity index (χ1v) is 13.0. The van der Waals surface area contributed by atoms with Crippen molar-refractivity contribution in [2.24, 2.45) is 5.92 Å². The summed E-state index contributed by atoms with van der Waals surface area (Å²) in [7, 11) is 1.41. The van der Waals surface area contributed by atoms with Crippen LogP contribution in [-0.2, 0) is 24.5 Å². The normalized spacial score (nSPS) is 15.2. The van der Waals surface area contributed by atoms with E-state index in [1.165, 1.54) is 19.4 Å². The van der Waals surface area contributed by atoms with Crippen LogP contribution in [0.2, 0.25) is 0 Å². The molecule has 206 valence electrons. The van der Waals surface area contributed by atoms with Crippen LogP contribution in [0.3, 0.4) is 0 Å². The molecule has 1 fully saturated rings. The second-order valence-electron chi connectivity index (χ2n) is 10.0. The average Bonchev–Trinajstić information content (AvgIpc) is 3.74. The molecule has 2 atom stereocenters. The van der Waals surface area contributed by atoms with Crippen LogP contribution in [0.1, 0.15) is 56.6 Å². The summed E-state index contributed by atoms with van der Waals surface area (Å²) >= 11 is 0. The molecule has 9 heteroatoms. The minimum atomic E-state index is -0.956. The van der Waals surface area contributed by atoms with Gasteiger partial charge >= 0.3 is 11.9 Å². The Morgan fingerprint density at radius 1 is 0.974 bits per heavy atom. The predicted octanol–water partition coefficient (Wildman–Crippen LogP) is 4.56. The Morgan fingerprint density at radius 2 is 1.69 bits per heavy atom. The first kappa shape index (κ1) is 27.9. The number of methoxy groups -OCH3 is 1. The van der Waals surface area contributed by atoms with E-state index in [4.69, 9.17) is 18.9 Å². The van der Waals surface area contributed by atoms with Gasteiger partial charge < -0.3 is 24.3 Å². The summed E-state index contributed by atoms with van der Waals surface area (Å²) in [5.41, 5.74) is 0.790. The third kappa shape index (κ3) is 5.97. The zero-order chi connectivity index (χ0) is 28.2. The Morgan fingerprint density at radius 3 is 2.38 bits per heavy atom. The molecule has 1 N–H and O–H groups in total. The lowest BCUT2D eigenvalue weighted by molar-refractivity contribution is -0.154. The monoisotopic (exact) mass is 534 g/mol. The number of carbonyl (C=O) groups excluding carboxylic acids is 3. The van der Waals surface area contributed by atoms with Crippen molar-refractivity contribution in [3.05, 3.63) is 66.0 Å². The number of benzene rings is 2. The van der Waals surface area contributed by atoms with E-state index in [0.29, 0.717) is 0 Å². The van der Waals surface area contributed by atoms with Crippen molar-refractivity contribution in [2.45, 2.75) is 58.1 Å². The molecule has 4 rings (SSSR count). The van der Waals surface area contributed by atoms with Gasteiger partial charge in [-0.15, -0.1) is 0 Å². The molecule has 0 bridgehead atoms. The molecular formula is C30H34N2O7. The van der Waals surface area contributed by atoms with Crippen molar-refractivity contribution in [2.75, 3.05) is 13.9 Å². The summed E-state index contributed by atoms with van der Waals surface area (Å²) in [6, 6.07) is 14.9. The number of carbonyl (C=O) groups is 3. The zero-order valence-electron chi connectivity index (χ0n) is 22.9. The van der Waals surface area contributed by atoms with Gasteiger partial charge in [-0.1, -0.05) is 56.3 Å². The Bertz CT molecular complexity index is 1360. The third-order valence-electron chi connectivity index (χ3n) is 7.07. The molecule has 2 aromatic carbocycles. The van der Waals surface area contributed by atoms with E-state index in [0.717, 1.165) is 29.2 Å². The molecule has 0 radical (unpaired) electrons. The van der Waals surface area contributed by atoms with Crippen LogP contribution in [0.4, 0.5) is 0 Å². The highest BCUT2D eigenvalue weighted by atomic mass is 16.7. The highest BCUT2D eigenvalue weighted by Gasteiger charge is 2.51. The number of pyridine rings is 1. The van der Waals surface area contributed by atoms with Crippen LogP contribution in [0.15, 0.2) is 54.7 Å². The quantitative estimate of drug-likeness (QED) is 0.281. The number of esters is 2. The van der Waals surface area contributed by atoms with Gasteiger partial charge in [-0.05, 0) is 43.0 Å². The fourth-order valence-corrected chi connectivity index (χ4v) is 4.61. The summed E-state index contributed by atoms with van der Waals surface area (Å²) in [4.78, 5) is 42.0. The highest BCUT2D eigenvalue weighted by molar-refractivity contribution is 5.98. The van der Waals surface area contributed by atoms with Crippen molar-refractivity contribution >= 4 is 28.6 Å². The fraction of sp³-hybridized carbons (Fsp3) is 0.400. The molecule has 0 spiro atoms. The molecule has 0 saturated heterocycles. The van der Waals surface area contributed by atoms with Gasteiger partial charge in [0.1, 0.15) is 12.1 Å². The number of amides is 1. The summed E-state index contributed by atoms with van der Waals surface area (Å²) < 4.78 is 21.8. The summed E-state index contributed by atoms with van der Waals surface area (Å²) in [5, 5.41) is 4.92. The topological polar surface area (TPSA) is 113 Å². The molecule has 1 amide bonds. The number of aromatic nitrogens is 1. The lowest BCUT2D eigenvalue weighted by Crippen LogP contribution is -2.42. The molecule has 1 aliphatic rings. The van der Waals surface area contributed by atoms with Crippen LogP contribution >= 0.6 is 0 Å². The van der Waals surface area contributed by atoms with Gasteiger partial charge in [0.15, 0.2) is 17.2 Å². The number of nitrogens with one attached hydrogen (secondary N) is 1. The number of hydrogen-bond donors (Lipinski definition) is 1. The highest BCUT2D eigenvalue weighted by Crippen LogP contribution is 2.53. The fourth-order valence-electron chi connectivity index (χ4n) is 4.61. The molecule has 0 aliphatic heterocycles. The molecule has 1 aliphatic carbocycles. The van der Waals surface area contributed by atoms with E-state index in [1.807, 2.05) is 25.1 Å². The van der Waals surface area contributed by atoms with E-state index in [9.17, 15) is 14.4 Å². The van der Waals surface area contributed by atoms with Crippen LogP contribution in [0.5, 0.6) is 11.5 Å². The predicted molar refractivity (Wildman–Crippen MR) is 145 cm³/mol. The second-order valence-corrected chi connectivity index (χ2v) is 10.0. The number of rotatable bonds is 11. The first-order valence-electron chi connectivity index (χ1n) is 13.0. The Kier molecular flexibility index (Phi) is 8.38. The van der Waals surface area contributed by atoms with Crippen LogP contribution in [0.25, 0.3) is 10.8 Å². The standard InChI is InChI=1S/C30H34N2O7/c1-18(2)28(34)38-17-37-26-24(36-5)13-16-31-25(26)27(33)32-19(3)29(35)39-20(4)30(14-15-30)23-12-8-10-21-9-6-7-11-22(21)23/h6-13,16,18-20H,14-15,17H2,1-5H3,(H,32,33). The van der Waals surface area contributed by atoms with Crippen molar-refractivity contribution in [1.82, 2.24) is 10.3 Å². The molecule has 9 nitrogen and oxygen atoms in total. The molecule has 1 aromatic heterocycles. The molecular weight excluding hydrogens is 500 g/mol. The van der Waals surface area contributed by atoms with E-state index in [2.05, 4.69) is 34.6 Å². The van der Waals surface area contributed by atoms with Crippen molar-refractivity contribution in [1.29, 1.82) is 0 Å². The summed E-state index contributed by atoms with van der Waals surface area (Å²) in [5.74, 6) is -1.78. The van der Waals surface area contributed by atoms with Crippen LogP contribution < -0.4 is 14.8 Å². The zero-order valence-corrected chi connectivity index (χ0v) is 22.9. The molecule has 3 aromatic rings. The minimum Gasteiger partial charge on any atom is -0.493 e. The minimum absolute atomic E-state index is 0.00381. The maximum absolute atomic E-state index is 13.1. The lowest BCUT2D eigenvalue weighted by Gasteiger charge is -2.27. The lowest BCUT2D eigenvalue weighted by atomic mass is 9.87. The van der Waals surface area contributed by atoms with Gasteiger partial charge in [0.25, 0.3) is 5.91 Å². The van der Waals surface area contributed by atoms with E-state index in [1.54, 1.807) is 20.8 Å². The van der Waals surface area contributed by atoms with Crippen LogP contribution in [-0.4, -0.2) is 48.9 Å². The van der Waals surface area contributed by atoms with Gasteiger partial charge in [-0.3, -0.25) is 9.59 Å². The maximum Gasteiger partial charge on any atom is 0.328 e. The van der Waals surface area contributed by atoms with Crippen molar-refractivity contribution in [3.63, 3.8) is 0 Å². The number of hydrogen-bond acceptors (Lipinski definition) is 8. The summed E-state index contributed by atoms with van der Waals surface area (Å²) in [6.07, 6.45) is 2.81. The summed E-state index contributed by atoms with van der Waals surface area (Å²) in [6.45, 7) is 6.41. The van der Waals surface area contributed by atoms with Gasteiger partial charge in [0, 0.05) is 17.7 Å². The molecule has 1 heterocycles. The van der Waals surface area contributed by atoms with E-state index < -0.39 is 30.7 Å². The third-order valence-corrected chi connectivity index (χ3v) is 7.07. The molecule has 2 unspecified atom stereocenters. The van der Waals surface area contributed by atoms with Crippen molar-refractivity contribution in [3.8, 4) is 11.5 Å². The van der Waals surface area contributed by atoms with Gasteiger partial charge in [0.05, 0.1) is 13.0 Å². The van der Waals surface area contributed by atoms with Gasteiger partial charge in [-0.25, -0.2) is 9.78 Å². The maximum atomic E-state index is 13.1. The molecule has 1 saturated carbocycles. The number of nitrogens with zero attached hydrogens (tertiary/aromatic N) is 1. The van der Waals surface area contributed by atoms with Crippen molar-refractivity contribution < 1.29 is 33.3 Å². The van der Waals surface area contributed by atoms with E-state index in [-0.39, 0.29) is 34.6 Å². The van der Waals surface area contributed by atoms with Crippen LogP contribution in [0, 0.1) is 5.92 Å². The van der Waals surface area contributed by atoms with Gasteiger partial charge in [-0.2, -0.15) is 0 Å². The Hall–Kier alpha value is -4.14. The average molecular weight is 535 g/mol. The largest absolute Gasteiger partial charge is 0.493 e. The van der Waals surface area contributed by atoms with E-state index >= 15 is 0 Å². The smallest absolute Gasteiger partial charge is 0.328 e. The second kappa shape index (κ2) is 11.7. The first-order chi connectivity index (χ1) is 18.7. The van der Waals surface area contributed by atoms with Gasteiger partial charge in [0.2, 0.25) is 6.79 Å². The Balaban J connectivity index is 1.43. The molecule has 39 heavy (non-hydrogen) atoms. The Labute approximate surface area is 227 Å². The number of ether oxygens (including phenoxy) is 4. The number of fused-ring (bicyclic) bond motifs is 1.